The zero-order valence-electron chi connectivity index (χ0n) is 20.0. The van der Waals surface area contributed by atoms with Crippen LogP contribution in [0.25, 0.3) is 0 Å². The minimum Gasteiger partial charge on any atom is -0.493 e. The lowest BCUT2D eigenvalue weighted by molar-refractivity contribution is 0.0954. The molecule has 1 N–H and O–H groups in total. The van der Waals surface area contributed by atoms with Crippen LogP contribution in [0.2, 0.25) is 0 Å². The molecule has 0 spiro atoms. The molecule has 178 valence electrons. The summed E-state index contributed by atoms with van der Waals surface area (Å²) in [4.78, 5) is 17.5. The summed E-state index contributed by atoms with van der Waals surface area (Å²) in [6, 6.07) is 24.4. The average Bonchev–Trinajstić information content (AvgIpc) is 2.90. The Bertz CT molecular complexity index is 1060. The quantitative estimate of drug-likeness (QED) is 0.524. The molecule has 4 rings (SSSR count). The van der Waals surface area contributed by atoms with Gasteiger partial charge in [-0.1, -0.05) is 36.4 Å². The number of methoxy groups -OCH3 is 2. The Hall–Kier alpha value is -3.51. The Morgan fingerprint density at radius 1 is 0.824 bits per heavy atom. The molecule has 1 heterocycles. The molecule has 0 saturated carbocycles. The third-order valence-electron chi connectivity index (χ3n) is 6.26. The molecule has 0 radical (unpaired) electrons. The number of benzene rings is 3. The third kappa shape index (κ3) is 6.08. The highest BCUT2D eigenvalue weighted by molar-refractivity contribution is 5.94. The van der Waals surface area contributed by atoms with Crippen molar-refractivity contribution in [3.8, 4) is 11.5 Å². The molecule has 34 heavy (non-hydrogen) atoms. The topological polar surface area (TPSA) is 54.0 Å². The molecular weight excluding hydrogens is 426 g/mol. The van der Waals surface area contributed by atoms with Gasteiger partial charge in [-0.15, -0.1) is 0 Å². The fourth-order valence-electron chi connectivity index (χ4n) is 4.28. The highest BCUT2D eigenvalue weighted by Crippen LogP contribution is 2.27. The van der Waals surface area contributed by atoms with Crippen molar-refractivity contribution in [1.29, 1.82) is 0 Å². The predicted octanol–water partition coefficient (Wildman–Crippen LogP) is 4.00. The smallest absolute Gasteiger partial charge is 0.251 e. The van der Waals surface area contributed by atoms with Crippen molar-refractivity contribution in [3.05, 3.63) is 89.5 Å². The maximum atomic E-state index is 12.6. The van der Waals surface area contributed by atoms with Crippen LogP contribution in [0.3, 0.4) is 0 Å². The van der Waals surface area contributed by atoms with Gasteiger partial charge in [-0.2, -0.15) is 0 Å². The molecular formula is C28H33N3O3. The lowest BCUT2D eigenvalue weighted by atomic mass is 10.1. The molecule has 1 saturated heterocycles. The van der Waals surface area contributed by atoms with Crippen molar-refractivity contribution < 1.29 is 14.3 Å². The van der Waals surface area contributed by atoms with Gasteiger partial charge < -0.3 is 19.7 Å². The number of carbonyl (C=O) groups is 1. The van der Waals surface area contributed by atoms with Gasteiger partial charge in [0.05, 0.1) is 14.2 Å². The van der Waals surface area contributed by atoms with E-state index in [9.17, 15) is 4.79 Å². The van der Waals surface area contributed by atoms with Crippen LogP contribution in [0.4, 0.5) is 5.69 Å². The van der Waals surface area contributed by atoms with Gasteiger partial charge in [0.1, 0.15) is 0 Å². The van der Waals surface area contributed by atoms with Crippen molar-refractivity contribution >= 4 is 11.6 Å². The van der Waals surface area contributed by atoms with E-state index in [4.69, 9.17) is 9.47 Å². The number of nitrogens with one attached hydrogen (secondary N) is 1. The zero-order valence-corrected chi connectivity index (χ0v) is 20.0. The van der Waals surface area contributed by atoms with Gasteiger partial charge in [-0.05, 0) is 53.9 Å². The van der Waals surface area contributed by atoms with E-state index in [1.807, 2.05) is 30.3 Å². The molecule has 0 atom stereocenters. The highest BCUT2D eigenvalue weighted by atomic mass is 16.5. The van der Waals surface area contributed by atoms with Gasteiger partial charge in [0.25, 0.3) is 5.91 Å². The zero-order chi connectivity index (χ0) is 23.8. The third-order valence-corrected chi connectivity index (χ3v) is 6.26. The second-order valence-corrected chi connectivity index (χ2v) is 8.49. The van der Waals surface area contributed by atoms with E-state index in [1.165, 1.54) is 11.3 Å². The number of hydrogen-bond donors (Lipinski definition) is 1. The first-order valence-electron chi connectivity index (χ1n) is 11.8. The number of anilines is 1. The maximum absolute atomic E-state index is 12.6. The summed E-state index contributed by atoms with van der Waals surface area (Å²) in [5.41, 5.74) is 4.30. The van der Waals surface area contributed by atoms with Crippen LogP contribution >= 0.6 is 0 Å². The number of nitrogens with zero attached hydrogens (tertiary/aromatic N) is 2. The van der Waals surface area contributed by atoms with Gasteiger partial charge in [0, 0.05) is 50.5 Å². The first-order valence-corrected chi connectivity index (χ1v) is 11.8. The molecule has 6 nitrogen and oxygen atoms in total. The van der Waals surface area contributed by atoms with Gasteiger partial charge in [-0.3, -0.25) is 9.69 Å². The molecule has 0 aromatic heterocycles. The van der Waals surface area contributed by atoms with Crippen LogP contribution in [0, 0.1) is 0 Å². The summed E-state index contributed by atoms with van der Waals surface area (Å²) in [5.74, 6) is 1.35. The largest absolute Gasteiger partial charge is 0.493 e. The van der Waals surface area contributed by atoms with Crippen LogP contribution < -0.4 is 19.7 Å². The number of piperazine rings is 1. The SMILES string of the molecule is COc1ccc(CCNC(=O)c2ccc(CN3CCN(c4ccccc4)CC3)cc2)cc1OC. The monoisotopic (exact) mass is 459 g/mol. The summed E-state index contributed by atoms with van der Waals surface area (Å²) in [7, 11) is 3.24. The van der Waals surface area contributed by atoms with Crippen molar-refractivity contribution in [2.45, 2.75) is 13.0 Å². The number of rotatable bonds is 9. The molecule has 3 aromatic carbocycles. The lowest BCUT2D eigenvalue weighted by Crippen LogP contribution is -2.45. The number of amides is 1. The van der Waals surface area contributed by atoms with Gasteiger partial charge >= 0.3 is 0 Å². The normalized spacial score (nSPS) is 14.0. The fraction of sp³-hybridized carbons (Fsp3) is 0.321. The summed E-state index contributed by atoms with van der Waals surface area (Å²) in [6.45, 7) is 5.60. The van der Waals surface area contributed by atoms with Gasteiger partial charge in [0.15, 0.2) is 11.5 Å². The van der Waals surface area contributed by atoms with Crippen LogP contribution in [0.1, 0.15) is 21.5 Å². The highest BCUT2D eigenvalue weighted by Gasteiger charge is 2.17. The fourth-order valence-corrected chi connectivity index (χ4v) is 4.28. The Labute approximate surface area is 202 Å². The van der Waals surface area contributed by atoms with Crippen molar-refractivity contribution in [1.82, 2.24) is 10.2 Å². The minimum atomic E-state index is -0.0523. The van der Waals surface area contributed by atoms with E-state index in [2.05, 4.69) is 57.6 Å². The lowest BCUT2D eigenvalue weighted by Gasteiger charge is -2.36. The Morgan fingerprint density at radius 3 is 2.18 bits per heavy atom. The van der Waals surface area contributed by atoms with Gasteiger partial charge in [0.2, 0.25) is 0 Å². The van der Waals surface area contributed by atoms with Crippen LogP contribution in [0.15, 0.2) is 72.8 Å². The summed E-state index contributed by atoms with van der Waals surface area (Å²) >= 11 is 0. The van der Waals surface area contributed by atoms with Crippen molar-refractivity contribution in [3.63, 3.8) is 0 Å². The predicted molar refractivity (Wildman–Crippen MR) is 136 cm³/mol. The molecule has 1 fully saturated rings. The van der Waals surface area contributed by atoms with Crippen molar-refractivity contribution in [2.75, 3.05) is 51.8 Å². The van der Waals surface area contributed by atoms with E-state index >= 15 is 0 Å². The number of hydrogen-bond acceptors (Lipinski definition) is 5. The summed E-state index contributed by atoms with van der Waals surface area (Å²) < 4.78 is 10.6. The number of carbonyl (C=O) groups excluding carboxylic acids is 1. The second-order valence-electron chi connectivity index (χ2n) is 8.49. The van der Waals surface area contributed by atoms with E-state index < -0.39 is 0 Å². The molecule has 1 aliphatic rings. The maximum Gasteiger partial charge on any atom is 0.251 e. The minimum absolute atomic E-state index is 0.0523. The van der Waals surface area contributed by atoms with Crippen LogP contribution in [0.5, 0.6) is 11.5 Å². The molecule has 1 amide bonds. The Morgan fingerprint density at radius 2 is 1.50 bits per heavy atom. The van der Waals surface area contributed by atoms with Crippen LogP contribution in [-0.2, 0) is 13.0 Å². The molecule has 1 aliphatic heterocycles. The van der Waals surface area contributed by atoms with Crippen LogP contribution in [-0.4, -0.2) is 57.8 Å². The summed E-state index contributed by atoms with van der Waals surface area (Å²) in [6.07, 6.45) is 0.721. The standard InChI is InChI=1S/C28H33N3O3/c1-33-26-13-10-22(20-27(26)34-2)14-15-29-28(32)24-11-8-23(9-12-24)21-30-16-18-31(19-17-30)25-6-4-3-5-7-25/h3-13,20H,14-19,21H2,1-2H3,(H,29,32). The molecule has 6 heteroatoms. The number of ether oxygens (including phenoxy) is 2. The number of para-hydroxylation sites is 1. The van der Waals surface area contributed by atoms with Gasteiger partial charge in [-0.25, -0.2) is 0 Å². The first kappa shape index (κ1) is 23.6. The summed E-state index contributed by atoms with van der Waals surface area (Å²) in [5, 5.41) is 3.01. The van der Waals surface area contributed by atoms with Crippen molar-refractivity contribution in [2.24, 2.45) is 0 Å². The van der Waals surface area contributed by atoms with E-state index in [-0.39, 0.29) is 5.91 Å². The Balaban J connectivity index is 1.22. The Kier molecular flexibility index (Phi) is 8.04. The van der Waals surface area contributed by atoms with E-state index in [0.717, 1.165) is 44.7 Å². The van der Waals surface area contributed by atoms with E-state index in [0.29, 0.717) is 23.6 Å². The first-order chi connectivity index (χ1) is 16.7. The second kappa shape index (κ2) is 11.6. The molecule has 0 bridgehead atoms. The molecule has 0 unspecified atom stereocenters. The molecule has 0 aliphatic carbocycles. The van der Waals surface area contributed by atoms with E-state index in [1.54, 1.807) is 14.2 Å². The molecule has 3 aromatic rings. The average molecular weight is 460 g/mol.